The van der Waals surface area contributed by atoms with Crippen LogP contribution in [-0.2, 0) is 25.0 Å². The number of H-pyrrole nitrogens is 2. The number of benzene rings is 3. The molecule has 6 atom stereocenters. The van der Waals surface area contributed by atoms with Gasteiger partial charge in [0.05, 0.1) is 49.2 Å². The first-order chi connectivity index (χ1) is 31.2. The molecule has 3 aromatic carbocycles. The number of hydrogen-bond acceptors (Lipinski definition) is 9. The van der Waals surface area contributed by atoms with E-state index in [-0.39, 0.29) is 71.3 Å². The maximum Gasteiger partial charge on any atom is 0.407 e. The third-order valence-corrected chi connectivity index (χ3v) is 14.6. The fraction of sp³-hybridized carbons (Fsp3) is 0.458. The lowest BCUT2D eigenvalue weighted by atomic mass is 9.97. The minimum atomic E-state index is -3.29. The zero-order valence-electron chi connectivity index (χ0n) is 36.8. The molecular weight excluding hydrogens is 837 g/mol. The highest BCUT2D eigenvalue weighted by Gasteiger charge is 2.55. The van der Waals surface area contributed by atoms with Gasteiger partial charge in [0.1, 0.15) is 23.7 Å². The summed E-state index contributed by atoms with van der Waals surface area (Å²) in [4.78, 5) is 72.3. The Morgan fingerprint density at radius 1 is 0.877 bits per heavy atom. The molecule has 2 bridgehead atoms. The van der Waals surface area contributed by atoms with E-state index >= 15 is 8.78 Å². The third kappa shape index (κ3) is 7.27. The number of nitrogens with two attached hydrogens (primary N) is 1. The molecular formula is C48H53F2N9O6. The van der Waals surface area contributed by atoms with Crippen LogP contribution in [0.15, 0.2) is 60.8 Å². The van der Waals surface area contributed by atoms with E-state index in [1.165, 1.54) is 20.3 Å². The highest BCUT2D eigenvalue weighted by molar-refractivity contribution is 5.89. The summed E-state index contributed by atoms with van der Waals surface area (Å²) in [5, 5.41) is 5.35. The zero-order chi connectivity index (χ0) is 45.5. The van der Waals surface area contributed by atoms with Crippen molar-refractivity contribution in [1.82, 2.24) is 40.4 Å². The first-order valence-electron chi connectivity index (χ1n) is 22.5. The van der Waals surface area contributed by atoms with Gasteiger partial charge in [-0.2, -0.15) is 8.78 Å². The molecule has 2 saturated carbocycles. The molecule has 3 aliphatic carbocycles. The molecule has 6 N–H and O–H groups in total. The number of ether oxygens (including phenoxy) is 2. The Morgan fingerprint density at radius 2 is 1.55 bits per heavy atom. The van der Waals surface area contributed by atoms with Crippen molar-refractivity contribution < 1.29 is 37.4 Å². The quantitative estimate of drug-likeness (QED) is 0.0903. The van der Waals surface area contributed by atoms with Crippen molar-refractivity contribution in [2.45, 2.75) is 94.9 Å². The fourth-order valence-electron chi connectivity index (χ4n) is 11.0. The Labute approximate surface area is 374 Å². The molecule has 15 nitrogen and oxygen atoms in total. The predicted octanol–water partition coefficient (Wildman–Crippen LogP) is 7.30. The Morgan fingerprint density at radius 3 is 2.25 bits per heavy atom. The average molecular weight is 890 g/mol. The number of methoxy groups -OCH3 is 2. The molecule has 4 heterocycles. The molecule has 5 aliphatic rings. The molecule has 10 rings (SSSR count). The first-order valence-corrected chi connectivity index (χ1v) is 22.5. The number of likely N-dealkylation sites (tertiary alicyclic amines) is 2. The van der Waals surface area contributed by atoms with Gasteiger partial charge in [-0.05, 0) is 115 Å². The summed E-state index contributed by atoms with van der Waals surface area (Å²) in [5.74, 6) is -2.49. The van der Waals surface area contributed by atoms with E-state index < -0.39 is 30.2 Å². The minimum Gasteiger partial charge on any atom is -0.453 e. The van der Waals surface area contributed by atoms with E-state index in [1.54, 1.807) is 29.3 Å². The van der Waals surface area contributed by atoms with E-state index in [1.807, 2.05) is 49.1 Å². The number of aromatic amines is 2. The first kappa shape index (κ1) is 42.6. The van der Waals surface area contributed by atoms with Crippen molar-refractivity contribution >= 4 is 35.0 Å². The predicted molar refractivity (Wildman–Crippen MR) is 236 cm³/mol. The third-order valence-electron chi connectivity index (χ3n) is 14.6. The summed E-state index contributed by atoms with van der Waals surface area (Å²) in [6.07, 6.45) is 5.89. The van der Waals surface area contributed by atoms with Gasteiger partial charge in [-0.3, -0.25) is 9.59 Å². The maximum absolute atomic E-state index is 16.7. The number of carbonyl (C=O) groups is 4. The SMILES string of the molecule is COC(=O)N[C@@H](CCN)C(=O)N1[C@@H]2CC[C@@H](C2)[C@H]1c1nc2ccc(-c3ccc4c(c3)C(F)(F)c3cc(-c5cnc(C6CC7(CC7)CN6C(=O)[C@@H](NC(=O)OC)C(C)C)[nH]5)ccc3-4)cc2[nH]1. The van der Waals surface area contributed by atoms with Gasteiger partial charge in [0.15, 0.2) is 0 Å². The molecule has 4 amide bonds. The molecule has 17 heteroatoms. The van der Waals surface area contributed by atoms with Crippen molar-refractivity contribution in [3.8, 4) is 33.5 Å². The van der Waals surface area contributed by atoms with Crippen LogP contribution in [0.4, 0.5) is 18.4 Å². The second-order valence-electron chi connectivity index (χ2n) is 18.9. The second kappa shape index (κ2) is 16.0. The monoisotopic (exact) mass is 889 g/mol. The van der Waals surface area contributed by atoms with Gasteiger partial charge in [0, 0.05) is 29.3 Å². The van der Waals surface area contributed by atoms with Crippen molar-refractivity contribution in [2.75, 3.05) is 27.3 Å². The number of imidazole rings is 2. The van der Waals surface area contributed by atoms with Crippen molar-refractivity contribution in [3.63, 3.8) is 0 Å². The molecule has 2 saturated heterocycles. The van der Waals surface area contributed by atoms with Gasteiger partial charge in [-0.15, -0.1) is 0 Å². The van der Waals surface area contributed by atoms with Crippen LogP contribution in [0.3, 0.4) is 0 Å². The van der Waals surface area contributed by atoms with E-state index in [9.17, 15) is 19.2 Å². The van der Waals surface area contributed by atoms with E-state index in [0.29, 0.717) is 57.2 Å². The number of alkyl halides is 2. The number of rotatable bonds is 11. The molecule has 2 aliphatic heterocycles. The number of nitrogens with zero attached hydrogens (tertiary/aromatic N) is 4. The van der Waals surface area contributed by atoms with Crippen LogP contribution in [0.1, 0.15) is 93.7 Å². The van der Waals surface area contributed by atoms with E-state index in [4.69, 9.17) is 25.2 Å². The van der Waals surface area contributed by atoms with Gasteiger partial charge >= 0.3 is 12.2 Å². The molecule has 65 heavy (non-hydrogen) atoms. The number of nitrogens with one attached hydrogen (secondary N) is 4. The number of piperidine rings is 1. The van der Waals surface area contributed by atoms with Crippen LogP contribution in [-0.4, -0.2) is 99.2 Å². The lowest BCUT2D eigenvalue weighted by molar-refractivity contribution is -0.138. The number of carbonyl (C=O) groups excluding carboxylic acids is 4. The fourth-order valence-corrected chi connectivity index (χ4v) is 11.0. The highest BCUT2D eigenvalue weighted by Crippen LogP contribution is 2.59. The number of hydrogen-bond donors (Lipinski definition) is 5. The smallest absolute Gasteiger partial charge is 0.407 e. The van der Waals surface area contributed by atoms with Crippen LogP contribution < -0.4 is 16.4 Å². The van der Waals surface area contributed by atoms with Gasteiger partial charge < -0.3 is 45.6 Å². The summed E-state index contributed by atoms with van der Waals surface area (Å²) >= 11 is 0. The van der Waals surface area contributed by atoms with E-state index in [2.05, 4.69) is 20.6 Å². The molecule has 1 unspecified atom stereocenters. The molecule has 0 radical (unpaired) electrons. The van der Waals surface area contributed by atoms with Gasteiger partial charge in [0.2, 0.25) is 11.8 Å². The Hall–Kier alpha value is -6.36. The summed E-state index contributed by atoms with van der Waals surface area (Å²) < 4.78 is 42.9. The Bertz CT molecular complexity index is 2730. The molecule has 5 aromatic rings. The summed E-state index contributed by atoms with van der Waals surface area (Å²) in [6.45, 7) is 4.50. The topological polar surface area (TPSA) is 201 Å². The molecule has 2 aromatic heterocycles. The number of halogens is 2. The summed E-state index contributed by atoms with van der Waals surface area (Å²) in [5.41, 5.74) is 10.4. The normalized spacial score (nSPS) is 22.8. The Kier molecular flexibility index (Phi) is 10.5. The van der Waals surface area contributed by atoms with Gasteiger partial charge in [-0.25, -0.2) is 19.6 Å². The molecule has 4 fully saturated rings. The zero-order valence-corrected chi connectivity index (χ0v) is 36.8. The number of aromatic nitrogens is 4. The second-order valence-corrected chi connectivity index (χ2v) is 18.9. The minimum absolute atomic E-state index is 0.00763. The number of amides is 4. The number of alkyl carbamates (subject to hydrolysis) is 2. The van der Waals surface area contributed by atoms with Crippen molar-refractivity contribution in [1.29, 1.82) is 0 Å². The molecule has 1 spiro atoms. The lowest BCUT2D eigenvalue weighted by Crippen LogP contribution is -2.52. The Balaban J connectivity index is 0.894. The highest BCUT2D eigenvalue weighted by atomic mass is 19.3. The van der Waals surface area contributed by atoms with Crippen LogP contribution >= 0.6 is 0 Å². The average Bonchev–Trinajstić information content (AvgIpc) is 3.96. The molecule has 340 valence electrons. The summed E-state index contributed by atoms with van der Waals surface area (Å²) in [7, 11) is 2.52. The van der Waals surface area contributed by atoms with Crippen molar-refractivity contribution in [3.05, 3.63) is 83.6 Å². The standard InChI is InChI=1S/C48H53F2N9O6/c1-24(2)39(57-46(63)65-4)44(61)58-23-47(14-15-47)21-38(58)41-52-22-37(55-41)27-7-11-31-30-10-6-25(18-32(30)48(49,50)33(31)19-27)26-8-12-34-36(20-26)54-42(53-34)40-28-5-9-29(17-28)59(40)43(60)35(13-16-51)56-45(62)64-3/h6-8,10-12,18-20,22,24,28-29,35,38-40H,5,9,13-17,21,23,51H2,1-4H3,(H,52,55)(H,53,54)(H,56,62)(H,57,63)/t28-,29+,35-,38?,39-,40-/m0/s1. The number of fused-ring (bicyclic) bond motifs is 6. The van der Waals surface area contributed by atoms with Crippen LogP contribution in [0.2, 0.25) is 0 Å². The van der Waals surface area contributed by atoms with E-state index in [0.717, 1.165) is 44.1 Å². The summed E-state index contributed by atoms with van der Waals surface area (Å²) in [6, 6.07) is 13.6. The maximum atomic E-state index is 16.7. The lowest BCUT2D eigenvalue weighted by Gasteiger charge is -2.36. The van der Waals surface area contributed by atoms with Crippen LogP contribution in [0, 0.1) is 17.3 Å². The van der Waals surface area contributed by atoms with Crippen LogP contribution in [0.25, 0.3) is 44.5 Å². The largest absolute Gasteiger partial charge is 0.453 e. The van der Waals surface area contributed by atoms with Crippen molar-refractivity contribution in [2.24, 2.45) is 23.0 Å². The van der Waals surface area contributed by atoms with Gasteiger partial charge in [0.25, 0.3) is 5.92 Å². The van der Waals surface area contributed by atoms with Gasteiger partial charge in [-0.1, -0.05) is 44.2 Å². The van der Waals surface area contributed by atoms with Crippen LogP contribution in [0.5, 0.6) is 0 Å².